The minimum absolute atomic E-state index is 0.117. The number of anilines is 1. The Labute approximate surface area is 68.4 Å². The molecule has 0 aliphatic carbocycles. The van der Waals surface area contributed by atoms with Gasteiger partial charge in [0.05, 0.1) is 6.20 Å². The lowest BCUT2D eigenvalue weighted by molar-refractivity contribution is -0.115. The zero-order valence-corrected chi connectivity index (χ0v) is 6.50. The first-order chi connectivity index (χ1) is 5.68. The van der Waals surface area contributed by atoms with Crippen LogP contribution < -0.4 is 5.32 Å². The summed E-state index contributed by atoms with van der Waals surface area (Å²) in [7, 11) is 0. The fraction of sp³-hybridized carbons (Fsp3) is 0.286. The summed E-state index contributed by atoms with van der Waals surface area (Å²) in [5.74, 6) is -0.0470. The second kappa shape index (κ2) is 2.17. The van der Waals surface area contributed by atoms with Crippen molar-refractivity contribution in [3.8, 4) is 0 Å². The highest BCUT2D eigenvalue weighted by molar-refractivity contribution is 6.08. The summed E-state index contributed by atoms with van der Waals surface area (Å²) in [6, 6.07) is 0. The monoisotopic (exact) mass is 165 g/mol. The SMILES string of the molecule is Cc1cnn2c1NC(=O)CC2=O. The molecular weight excluding hydrogens is 158 g/mol. The number of fused-ring (bicyclic) bond motifs is 1. The van der Waals surface area contributed by atoms with Crippen LogP contribution in [0.4, 0.5) is 5.82 Å². The first-order valence-electron chi connectivity index (χ1n) is 3.56. The third-order valence-corrected chi connectivity index (χ3v) is 1.76. The summed E-state index contributed by atoms with van der Waals surface area (Å²) < 4.78 is 1.22. The Morgan fingerprint density at radius 1 is 1.58 bits per heavy atom. The van der Waals surface area contributed by atoms with Crippen molar-refractivity contribution in [1.82, 2.24) is 9.78 Å². The maximum atomic E-state index is 11.1. The van der Waals surface area contributed by atoms with E-state index in [1.54, 1.807) is 13.1 Å². The van der Waals surface area contributed by atoms with Crippen molar-refractivity contribution >= 4 is 17.6 Å². The summed E-state index contributed by atoms with van der Waals surface area (Å²) in [5, 5.41) is 6.40. The zero-order valence-electron chi connectivity index (χ0n) is 6.50. The number of amides is 1. The van der Waals surface area contributed by atoms with Crippen LogP contribution in [0.25, 0.3) is 0 Å². The van der Waals surface area contributed by atoms with Crippen molar-refractivity contribution in [2.24, 2.45) is 0 Å². The van der Waals surface area contributed by atoms with Crippen molar-refractivity contribution in [3.63, 3.8) is 0 Å². The lowest BCUT2D eigenvalue weighted by Gasteiger charge is -2.13. The maximum Gasteiger partial charge on any atom is 0.258 e. The van der Waals surface area contributed by atoms with Gasteiger partial charge >= 0.3 is 0 Å². The average molecular weight is 165 g/mol. The Balaban J connectivity index is 2.57. The van der Waals surface area contributed by atoms with E-state index in [1.165, 1.54) is 4.68 Å². The molecule has 0 atom stereocenters. The number of carbonyl (C=O) groups excluding carboxylic acids is 2. The van der Waals surface area contributed by atoms with Crippen LogP contribution in [0.5, 0.6) is 0 Å². The van der Waals surface area contributed by atoms with Gasteiger partial charge in [0.2, 0.25) is 5.91 Å². The molecule has 0 spiro atoms. The van der Waals surface area contributed by atoms with E-state index in [-0.39, 0.29) is 18.2 Å². The highest BCUT2D eigenvalue weighted by Gasteiger charge is 2.23. The molecule has 5 nitrogen and oxygen atoms in total. The number of aryl methyl sites for hydroxylation is 1. The molecule has 2 heterocycles. The summed E-state index contributed by atoms with van der Waals surface area (Å²) in [6.45, 7) is 1.79. The normalized spacial score (nSPS) is 15.8. The van der Waals surface area contributed by atoms with Gasteiger partial charge in [-0.1, -0.05) is 0 Å². The van der Waals surface area contributed by atoms with Crippen LogP contribution in [-0.2, 0) is 4.79 Å². The molecule has 1 aromatic rings. The van der Waals surface area contributed by atoms with E-state index in [1.807, 2.05) is 0 Å². The summed E-state index contributed by atoms with van der Waals surface area (Å²) >= 11 is 0. The first-order valence-corrected chi connectivity index (χ1v) is 3.56. The highest BCUT2D eigenvalue weighted by Crippen LogP contribution is 2.17. The van der Waals surface area contributed by atoms with Gasteiger partial charge in [0.25, 0.3) is 5.91 Å². The van der Waals surface area contributed by atoms with E-state index < -0.39 is 0 Å². The van der Waals surface area contributed by atoms with Crippen LogP contribution in [0.1, 0.15) is 16.8 Å². The Kier molecular flexibility index (Phi) is 1.27. The predicted octanol–water partition coefficient (Wildman–Crippen LogP) is 0.174. The Bertz CT molecular complexity index is 367. The van der Waals surface area contributed by atoms with Gasteiger partial charge in [0.1, 0.15) is 12.2 Å². The van der Waals surface area contributed by atoms with Crippen molar-refractivity contribution in [2.75, 3.05) is 5.32 Å². The Morgan fingerprint density at radius 3 is 3.08 bits per heavy atom. The molecule has 0 aromatic carbocycles. The van der Waals surface area contributed by atoms with Gasteiger partial charge < -0.3 is 5.32 Å². The molecule has 0 saturated heterocycles. The molecule has 2 rings (SSSR count). The molecule has 0 unspecified atom stereocenters. The fourth-order valence-corrected chi connectivity index (χ4v) is 1.16. The van der Waals surface area contributed by atoms with E-state index in [0.717, 1.165) is 5.56 Å². The van der Waals surface area contributed by atoms with Crippen LogP contribution in [0.15, 0.2) is 6.20 Å². The number of hydrogen-bond acceptors (Lipinski definition) is 3. The predicted molar refractivity (Wildman–Crippen MR) is 40.8 cm³/mol. The van der Waals surface area contributed by atoms with Crippen LogP contribution in [0.2, 0.25) is 0 Å². The molecule has 1 aromatic heterocycles. The van der Waals surface area contributed by atoms with E-state index in [4.69, 9.17) is 0 Å². The van der Waals surface area contributed by atoms with Crippen LogP contribution in [-0.4, -0.2) is 21.6 Å². The van der Waals surface area contributed by atoms with Crippen LogP contribution >= 0.6 is 0 Å². The summed E-state index contributed by atoms with van der Waals surface area (Å²) in [6.07, 6.45) is 1.44. The van der Waals surface area contributed by atoms with Crippen molar-refractivity contribution in [3.05, 3.63) is 11.8 Å². The zero-order chi connectivity index (χ0) is 8.72. The molecule has 0 fully saturated rings. The first kappa shape index (κ1) is 7.02. The molecule has 5 heteroatoms. The van der Waals surface area contributed by atoms with Gasteiger partial charge in [-0.2, -0.15) is 9.78 Å². The summed E-state index contributed by atoms with van der Waals surface area (Å²) in [5.41, 5.74) is 0.802. The lowest BCUT2D eigenvalue weighted by atomic mass is 10.3. The molecule has 0 bridgehead atoms. The number of carbonyl (C=O) groups is 2. The Morgan fingerprint density at radius 2 is 2.33 bits per heavy atom. The molecular formula is C7H7N3O2. The number of nitrogens with one attached hydrogen (secondary N) is 1. The molecule has 0 radical (unpaired) electrons. The fourth-order valence-electron chi connectivity index (χ4n) is 1.16. The van der Waals surface area contributed by atoms with Crippen LogP contribution in [0, 0.1) is 6.92 Å². The number of hydrogen-bond donors (Lipinski definition) is 1. The summed E-state index contributed by atoms with van der Waals surface area (Å²) in [4.78, 5) is 22.1. The van der Waals surface area contributed by atoms with Gasteiger partial charge in [-0.25, -0.2) is 0 Å². The van der Waals surface area contributed by atoms with Crippen molar-refractivity contribution in [1.29, 1.82) is 0 Å². The third kappa shape index (κ3) is 0.827. The van der Waals surface area contributed by atoms with Gasteiger partial charge in [0, 0.05) is 5.56 Å². The maximum absolute atomic E-state index is 11.1. The van der Waals surface area contributed by atoms with Gasteiger partial charge in [-0.3, -0.25) is 9.59 Å². The van der Waals surface area contributed by atoms with Gasteiger partial charge in [0.15, 0.2) is 0 Å². The standard InChI is InChI=1S/C7H7N3O2/c1-4-3-8-10-6(12)2-5(11)9-7(4)10/h3H,2H2,1H3,(H,9,11). The number of rotatable bonds is 0. The van der Waals surface area contributed by atoms with Crippen LogP contribution in [0.3, 0.4) is 0 Å². The molecule has 0 saturated carbocycles. The number of nitrogens with zero attached hydrogens (tertiary/aromatic N) is 2. The third-order valence-electron chi connectivity index (χ3n) is 1.76. The quantitative estimate of drug-likeness (QED) is 0.557. The van der Waals surface area contributed by atoms with E-state index in [2.05, 4.69) is 10.4 Å². The smallest absolute Gasteiger partial charge is 0.258 e. The van der Waals surface area contributed by atoms with Gasteiger partial charge in [-0.15, -0.1) is 0 Å². The molecule has 62 valence electrons. The van der Waals surface area contributed by atoms with E-state index in [0.29, 0.717) is 5.82 Å². The van der Waals surface area contributed by atoms with Crippen molar-refractivity contribution < 1.29 is 9.59 Å². The van der Waals surface area contributed by atoms with E-state index in [9.17, 15) is 9.59 Å². The molecule has 1 amide bonds. The highest BCUT2D eigenvalue weighted by atomic mass is 16.2. The largest absolute Gasteiger partial charge is 0.310 e. The second-order valence-electron chi connectivity index (χ2n) is 2.71. The Hall–Kier alpha value is -1.65. The van der Waals surface area contributed by atoms with E-state index >= 15 is 0 Å². The number of aromatic nitrogens is 2. The average Bonchev–Trinajstić information content (AvgIpc) is 2.33. The minimum Gasteiger partial charge on any atom is -0.310 e. The molecule has 1 aliphatic rings. The molecule has 1 N–H and O–H groups in total. The molecule has 12 heavy (non-hydrogen) atoms. The van der Waals surface area contributed by atoms with Gasteiger partial charge in [-0.05, 0) is 6.92 Å². The topological polar surface area (TPSA) is 64.0 Å². The lowest BCUT2D eigenvalue weighted by Crippen LogP contribution is -2.29. The second-order valence-corrected chi connectivity index (χ2v) is 2.71. The van der Waals surface area contributed by atoms with Crippen molar-refractivity contribution in [2.45, 2.75) is 13.3 Å². The molecule has 1 aliphatic heterocycles. The minimum atomic E-state index is -0.276.